The van der Waals surface area contributed by atoms with Crippen LogP contribution in [0.4, 0.5) is 5.69 Å². The van der Waals surface area contributed by atoms with Crippen LogP contribution >= 0.6 is 0 Å². The van der Waals surface area contributed by atoms with E-state index in [4.69, 9.17) is 10.5 Å². The van der Waals surface area contributed by atoms with E-state index in [9.17, 15) is 0 Å². The van der Waals surface area contributed by atoms with E-state index in [1.165, 1.54) is 6.42 Å². The number of benzene rings is 1. The summed E-state index contributed by atoms with van der Waals surface area (Å²) < 4.78 is 6.25. The second-order valence-electron chi connectivity index (χ2n) is 6.08. The number of nitrogen functional groups attached to an aromatic ring is 1. The molecule has 1 aromatic carbocycles. The molecule has 2 aromatic rings. The van der Waals surface area contributed by atoms with Crippen LogP contribution in [0.3, 0.4) is 0 Å². The SMILES string of the molecule is CC1CCC(Oc2ccc(N)c3ccncc23)CC1C. The Morgan fingerprint density at radius 3 is 2.75 bits per heavy atom. The number of rotatable bonds is 2. The molecular formula is C17H22N2O. The van der Waals surface area contributed by atoms with Gasteiger partial charge in [0.2, 0.25) is 0 Å². The lowest BCUT2D eigenvalue weighted by molar-refractivity contribution is 0.102. The molecular weight excluding hydrogens is 248 g/mol. The number of hydrogen-bond acceptors (Lipinski definition) is 3. The predicted octanol–water partition coefficient (Wildman–Crippen LogP) is 4.02. The van der Waals surface area contributed by atoms with Gasteiger partial charge in [-0.3, -0.25) is 4.98 Å². The van der Waals surface area contributed by atoms with Crippen molar-refractivity contribution in [1.82, 2.24) is 4.98 Å². The molecule has 0 amide bonds. The number of anilines is 1. The molecule has 1 aliphatic rings. The Kier molecular flexibility index (Phi) is 3.51. The number of fused-ring (bicyclic) bond motifs is 1. The largest absolute Gasteiger partial charge is 0.490 e. The maximum atomic E-state index is 6.25. The number of aromatic nitrogens is 1. The lowest BCUT2D eigenvalue weighted by Gasteiger charge is -2.32. The number of nitrogens with two attached hydrogens (primary N) is 1. The fourth-order valence-electron chi connectivity index (χ4n) is 3.08. The van der Waals surface area contributed by atoms with Gasteiger partial charge in [0.05, 0.1) is 6.10 Å². The van der Waals surface area contributed by atoms with Crippen LogP contribution in [0.25, 0.3) is 10.8 Å². The Morgan fingerprint density at radius 2 is 1.95 bits per heavy atom. The number of nitrogens with zero attached hydrogens (tertiary/aromatic N) is 1. The Balaban J connectivity index is 1.86. The Labute approximate surface area is 120 Å². The molecule has 0 bridgehead atoms. The summed E-state index contributed by atoms with van der Waals surface area (Å²) in [5, 5.41) is 2.04. The van der Waals surface area contributed by atoms with Crippen LogP contribution in [0.1, 0.15) is 33.1 Å². The summed E-state index contributed by atoms with van der Waals surface area (Å²) in [4.78, 5) is 4.20. The van der Waals surface area contributed by atoms with Crippen LogP contribution in [0.15, 0.2) is 30.6 Å². The van der Waals surface area contributed by atoms with Gasteiger partial charge in [0.25, 0.3) is 0 Å². The summed E-state index contributed by atoms with van der Waals surface area (Å²) in [6, 6.07) is 5.84. The van der Waals surface area contributed by atoms with Gasteiger partial charge in [0.1, 0.15) is 5.75 Å². The van der Waals surface area contributed by atoms with Crippen molar-refractivity contribution in [1.29, 1.82) is 0 Å². The van der Waals surface area contributed by atoms with Gasteiger partial charge in [-0.05, 0) is 49.3 Å². The molecule has 0 spiro atoms. The molecule has 3 rings (SSSR count). The lowest BCUT2D eigenvalue weighted by atomic mass is 9.80. The lowest BCUT2D eigenvalue weighted by Crippen LogP contribution is -2.28. The average molecular weight is 270 g/mol. The highest BCUT2D eigenvalue weighted by molar-refractivity contribution is 5.96. The van der Waals surface area contributed by atoms with Crippen LogP contribution < -0.4 is 10.5 Å². The maximum Gasteiger partial charge on any atom is 0.129 e. The van der Waals surface area contributed by atoms with E-state index in [-0.39, 0.29) is 0 Å². The third-order valence-corrected chi connectivity index (χ3v) is 4.66. The highest BCUT2D eigenvalue weighted by Gasteiger charge is 2.26. The van der Waals surface area contributed by atoms with E-state index in [0.29, 0.717) is 6.10 Å². The van der Waals surface area contributed by atoms with E-state index in [1.54, 1.807) is 6.20 Å². The molecule has 106 valence electrons. The molecule has 1 fully saturated rings. The van der Waals surface area contributed by atoms with Crippen molar-refractivity contribution >= 4 is 16.5 Å². The summed E-state index contributed by atoms with van der Waals surface area (Å²) in [5.41, 5.74) is 6.79. The molecule has 0 radical (unpaired) electrons. The van der Waals surface area contributed by atoms with E-state index in [1.807, 2.05) is 24.4 Å². The molecule has 3 unspecified atom stereocenters. The minimum Gasteiger partial charge on any atom is -0.490 e. The zero-order valence-corrected chi connectivity index (χ0v) is 12.2. The molecule has 1 saturated carbocycles. The van der Waals surface area contributed by atoms with Crippen molar-refractivity contribution in [3.05, 3.63) is 30.6 Å². The molecule has 3 atom stereocenters. The van der Waals surface area contributed by atoms with Crippen molar-refractivity contribution in [2.45, 2.75) is 39.2 Å². The summed E-state index contributed by atoms with van der Waals surface area (Å²) in [6.07, 6.45) is 7.44. The molecule has 2 N–H and O–H groups in total. The fourth-order valence-corrected chi connectivity index (χ4v) is 3.08. The van der Waals surface area contributed by atoms with Crippen LogP contribution in [-0.4, -0.2) is 11.1 Å². The van der Waals surface area contributed by atoms with E-state index < -0.39 is 0 Å². The summed E-state index contributed by atoms with van der Waals surface area (Å²) >= 11 is 0. The second-order valence-corrected chi connectivity index (χ2v) is 6.08. The van der Waals surface area contributed by atoms with Gasteiger partial charge < -0.3 is 10.5 Å². The Morgan fingerprint density at radius 1 is 1.10 bits per heavy atom. The molecule has 0 saturated heterocycles. The smallest absolute Gasteiger partial charge is 0.129 e. The van der Waals surface area contributed by atoms with Crippen molar-refractivity contribution in [2.75, 3.05) is 5.73 Å². The molecule has 20 heavy (non-hydrogen) atoms. The Bertz CT molecular complexity index is 611. The first-order valence-corrected chi connectivity index (χ1v) is 7.44. The molecule has 3 nitrogen and oxygen atoms in total. The number of ether oxygens (including phenoxy) is 1. The van der Waals surface area contributed by atoms with Crippen molar-refractivity contribution < 1.29 is 4.74 Å². The molecule has 1 heterocycles. The maximum absolute atomic E-state index is 6.25. The minimum atomic E-state index is 0.313. The van der Waals surface area contributed by atoms with E-state index in [2.05, 4.69) is 18.8 Å². The van der Waals surface area contributed by atoms with Crippen molar-refractivity contribution in [2.24, 2.45) is 11.8 Å². The molecule has 3 heteroatoms. The average Bonchev–Trinajstić information content (AvgIpc) is 2.46. The first-order valence-electron chi connectivity index (χ1n) is 7.44. The third kappa shape index (κ3) is 2.45. The third-order valence-electron chi connectivity index (χ3n) is 4.66. The minimum absolute atomic E-state index is 0.313. The standard InChI is InChI=1S/C17H22N2O/c1-11-3-4-13(9-12(11)2)20-17-6-5-16(18)14-7-8-19-10-15(14)17/h5-8,10-13H,3-4,9,18H2,1-2H3. The van der Waals surface area contributed by atoms with Crippen molar-refractivity contribution in [3.63, 3.8) is 0 Å². The van der Waals surface area contributed by atoms with Crippen molar-refractivity contribution in [3.8, 4) is 5.75 Å². The first-order chi connectivity index (χ1) is 9.65. The second kappa shape index (κ2) is 5.31. The Hall–Kier alpha value is -1.77. The van der Waals surface area contributed by atoms with Gasteiger partial charge in [0.15, 0.2) is 0 Å². The zero-order chi connectivity index (χ0) is 14.1. The van der Waals surface area contributed by atoms with Gasteiger partial charge >= 0.3 is 0 Å². The molecule has 0 aliphatic heterocycles. The zero-order valence-electron chi connectivity index (χ0n) is 12.2. The highest BCUT2D eigenvalue weighted by Crippen LogP contribution is 2.35. The monoisotopic (exact) mass is 270 g/mol. The van der Waals surface area contributed by atoms with Gasteiger partial charge in [-0.1, -0.05) is 13.8 Å². The van der Waals surface area contributed by atoms with Gasteiger partial charge in [0, 0.05) is 28.9 Å². The number of pyridine rings is 1. The van der Waals surface area contributed by atoms with E-state index in [0.717, 1.165) is 46.9 Å². The van der Waals surface area contributed by atoms with Gasteiger partial charge in [-0.25, -0.2) is 0 Å². The van der Waals surface area contributed by atoms with Crippen LogP contribution in [0.2, 0.25) is 0 Å². The highest BCUT2D eigenvalue weighted by atomic mass is 16.5. The summed E-state index contributed by atoms with van der Waals surface area (Å²) in [6.45, 7) is 4.66. The topological polar surface area (TPSA) is 48.1 Å². The van der Waals surface area contributed by atoms with Crippen LogP contribution in [-0.2, 0) is 0 Å². The predicted molar refractivity (Wildman–Crippen MR) is 82.8 cm³/mol. The summed E-state index contributed by atoms with van der Waals surface area (Å²) in [5.74, 6) is 2.45. The molecule has 1 aromatic heterocycles. The van der Waals surface area contributed by atoms with Gasteiger partial charge in [-0.2, -0.15) is 0 Å². The van der Waals surface area contributed by atoms with Crippen LogP contribution in [0, 0.1) is 11.8 Å². The number of hydrogen-bond donors (Lipinski definition) is 1. The fraction of sp³-hybridized carbons (Fsp3) is 0.471. The van der Waals surface area contributed by atoms with Crippen LogP contribution in [0.5, 0.6) is 5.75 Å². The first kappa shape index (κ1) is 13.2. The quantitative estimate of drug-likeness (QED) is 0.838. The normalized spacial score (nSPS) is 26.6. The summed E-state index contributed by atoms with van der Waals surface area (Å²) in [7, 11) is 0. The van der Waals surface area contributed by atoms with Gasteiger partial charge in [-0.15, -0.1) is 0 Å². The molecule has 1 aliphatic carbocycles. The van der Waals surface area contributed by atoms with E-state index >= 15 is 0 Å².